The van der Waals surface area contributed by atoms with Gasteiger partial charge in [0.1, 0.15) is 12.2 Å². The molecule has 2 heterocycles. The highest BCUT2D eigenvalue weighted by Gasteiger charge is 2.27. The average molecular weight is 774 g/mol. The fraction of sp³-hybridized carbons (Fsp3) is 0.432. The molecule has 0 bridgehead atoms. The molecule has 0 aliphatic carbocycles. The van der Waals surface area contributed by atoms with Crippen LogP contribution in [-0.2, 0) is 13.5 Å². The van der Waals surface area contributed by atoms with Gasteiger partial charge in [-0.1, -0.05) is 98.9 Å². The van der Waals surface area contributed by atoms with Gasteiger partial charge in [-0.05, 0) is 106 Å². The maximum Gasteiger partial charge on any atom is 0.129 e. The first-order valence-electron chi connectivity index (χ1n) is 19.3. The van der Waals surface area contributed by atoms with Crippen LogP contribution in [0.5, 0.6) is 0 Å². The summed E-state index contributed by atoms with van der Waals surface area (Å²) in [6, 6.07) is 23.4. The van der Waals surface area contributed by atoms with Crippen molar-refractivity contribution in [2.75, 3.05) is 23.0 Å². The Morgan fingerprint density at radius 1 is 0.907 bits per heavy atom. The summed E-state index contributed by atoms with van der Waals surface area (Å²) < 4.78 is 0. The second kappa shape index (κ2) is 23.0. The minimum atomic E-state index is 0.0483. The summed E-state index contributed by atoms with van der Waals surface area (Å²) in [4.78, 5) is 5.95. The molecule has 4 aromatic rings. The van der Waals surface area contributed by atoms with Crippen molar-refractivity contribution in [1.82, 2.24) is 19.9 Å². The van der Waals surface area contributed by atoms with Gasteiger partial charge in [0.25, 0.3) is 0 Å². The molecule has 0 fully saturated rings. The molecule has 0 spiro atoms. The lowest BCUT2D eigenvalue weighted by Crippen LogP contribution is -2.42. The van der Waals surface area contributed by atoms with Gasteiger partial charge in [-0.15, -0.1) is 6.58 Å². The number of hydrazone groups is 1. The van der Waals surface area contributed by atoms with Crippen LogP contribution < -0.4 is 15.6 Å². The topological polar surface area (TPSA) is 78.8 Å². The monoisotopic (exact) mass is 772 g/mol. The molecule has 4 atom stereocenters. The lowest BCUT2D eigenvalue weighted by atomic mass is 9.84. The second-order valence-corrected chi connectivity index (χ2v) is 14.9. The summed E-state index contributed by atoms with van der Waals surface area (Å²) in [5.74, 6) is 1.77. The molecule has 2 N–H and O–H groups in total. The number of benzene rings is 3. The van der Waals surface area contributed by atoms with E-state index in [4.69, 9.17) is 28.9 Å². The SMILES string of the molecule is C=C1N(c2ccc(N(CCC)CCC)cc2)N=CN1C(C)C(C)N.C=CC(C[C@@H](CC)CCc1ccc(C)cc1)c1ccc(Cl)cc1Cl.Cn1nccn1. The van der Waals surface area contributed by atoms with E-state index in [9.17, 15) is 0 Å². The van der Waals surface area contributed by atoms with Crippen molar-refractivity contribution in [3.63, 3.8) is 0 Å². The van der Waals surface area contributed by atoms with Crippen molar-refractivity contribution < 1.29 is 0 Å². The fourth-order valence-corrected chi connectivity index (χ4v) is 6.83. The molecular formula is C44H62Cl2N8. The molecule has 1 aliphatic heterocycles. The number of nitrogens with two attached hydrogens (primary N) is 1. The Hall–Kier alpha value is -4.11. The van der Waals surface area contributed by atoms with E-state index >= 15 is 0 Å². The summed E-state index contributed by atoms with van der Waals surface area (Å²) in [5.41, 5.74) is 12.1. The van der Waals surface area contributed by atoms with E-state index in [0.29, 0.717) is 10.9 Å². The zero-order chi connectivity index (χ0) is 39.6. The smallest absolute Gasteiger partial charge is 0.129 e. The van der Waals surface area contributed by atoms with Gasteiger partial charge >= 0.3 is 0 Å². The molecule has 1 aliphatic rings. The van der Waals surface area contributed by atoms with Crippen molar-refractivity contribution in [3.8, 4) is 0 Å². The summed E-state index contributed by atoms with van der Waals surface area (Å²) in [6.45, 7) is 23.3. The van der Waals surface area contributed by atoms with Crippen LogP contribution in [0.2, 0.25) is 10.0 Å². The van der Waals surface area contributed by atoms with Crippen molar-refractivity contribution in [3.05, 3.63) is 131 Å². The number of halogens is 2. The molecule has 0 saturated heterocycles. The van der Waals surface area contributed by atoms with E-state index in [1.165, 1.54) is 34.5 Å². The first-order chi connectivity index (χ1) is 25.9. The number of allylic oxidation sites excluding steroid dienone is 1. The summed E-state index contributed by atoms with van der Waals surface area (Å²) in [5, 5.41) is 15.2. The van der Waals surface area contributed by atoms with Crippen LogP contribution in [0.3, 0.4) is 0 Å². The minimum absolute atomic E-state index is 0.0483. The molecule has 0 amide bonds. The number of rotatable bonds is 16. The Morgan fingerprint density at radius 2 is 1.54 bits per heavy atom. The van der Waals surface area contributed by atoms with E-state index in [1.54, 1.807) is 19.4 Å². The van der Waals surface area contributed by atoms with Gasteiger partial charge in [0.15, 0.2) is 0 Å². The van der Waals surface area contributed by atoms with E-state index in [-0.39, 0.29) is 18.0 Å². The lowest BCUT2D eigenvalue weighted by Gasteiger charge is -2.29. The van der Waals surface area contributed by atoms with E-state index < -0.39 is 0 Å². The van der Waals surface area contributed by atoms with Crippen LogP contribution in [0.4, 0.5) is 11.4 Å². The van der Waals surface area contributed by atoms with Gasteiger partial charge < -0.3 is 15.5 Å². The molecule has 0 radical (unpaired) electrons. The van der Waals surface area contributed by atoms with Crippen LogP contribution in [0, 0.1) is 12.8 Å². The summed E-state index contributed by atoms with van der Waals surface area (Å²) >= 11 is 12.4. The largest absolute Gasteiger partial charge is 0.372 e. The number of aryl methyl sites for hydroxylation is 3. The normalized spacial score (nSPS) is 14.4. The third-order valence-corrected chi connectivity index (χ3v) is 10.3. The number of hydrogen-bond acceptors (Lipinski definition) is 7. The highest BCUT2D eigenvalue weighted by molar-refractivity contribution is 6.35. The standard InChI is InChI=1S/C22H26Cl2.C19H31N5.C3H5N3/c1-4-17(10-11-18-8-6-16(3)7-9-18)14-19(5-2)21-13-12-20(23)15-22(21)24;1-6-12-22(13-7-2)18-8-10-19(11-9-18)24-17(5)23(14-21-24)16(4)15(3)20;1-6-4-2-3-5-6/h5-9,12-13,15,17,19H,2,4,10-11,14H2,1,3H3;8-11,14-16H,5-7,12-13,20H2,1-4H3;2-3H,1H3/t17-,19?;;/m0../s1. The predicted molar refractivity (Wildman–Crippen MR) is 233 cm³/mol. The zero-order valence-corrected chi connectivity index (χ0v) is 35.0. The fourth-order valence-electron chi connectivity index (χ4n) is 6.28. The second-order valence-electron chi connectivity index (χ2n) is 14.0. The lowest BCUT2D eigenvalue weighted by molar-refractivity contribution is 0.368. The van der Waals surface area contributed by atoms with E-state index in [2.05, 4.69) is 117 Å². The van der Waals surface area contributed by atoms with Gasteiger partial charge in [0, 0.05) is 53.9 Å². The zero-order valence-electron chi connectivity index (χ0n) is 33.5. The first kappa shape index (κ1) is 44.3. The van der Waals surface area contributed by atoms with Crippen molar-refractivity contribution in [2.45, 2.75) is 98.1 Å². The van der Waals surface area contributed by atoms with E-state index in [1.807, 2.05) is 47.4 Å². The van der Waals surface area contributed by atoms with Gasteiger partial charge in [-0.3, -0.25) is 0 Å². The number of aromatic nitrogens is 3. The Balaban J connectivity index is 0.000000251. The molecular weight excluding hydrogens is 711 g/mol. The van der Waals surface area contributed by atoms with Crippen LogP contribution in [0.25, 0.3) is 0 Å². The van der Waals surface area contributed by atoms with Gasteiger partial charge in [0.05, 0.1) is 18.1 Å². The first-order valence-corrected chi connectivity index (χ1v) is 20.0. The molecule has 8 nitrogen and oxygen atoms in total. The Morgan fingerprint density at radius 3 is 2.04 bits per heavy atom. The Bertz CT molecular complexity index is 1700. The maximum absolute atomic E-state index is 6.39. The van der Waals surface area contributed by atoms with Crippen molar-refractivity contribution in [1.29, 1.82) is 0 Å². The number of nitrogens with zero attached hydrogens (tertiary/aromatic N) is 7. The van der Waals surface area contributed by atoms with Crippen molar-refractivity contribution >= 4 is 40.9 Å². The molecule has 5 rings (SSSR count). The van der Waals surface area contributed by atoms with Gasteiger partial charge in [-0.2, -0.15) is 20.1 Å². The third-order valence-electron chi connectivity index (χ3n) is 9.79. The summed E-state index contributed by atoms with van der Waals surface area (Å²) in [6.07, 6.45) is 14.0. The van der Waals surface area contributed by atoms with Crippen molar-refractivity contribution in [2.24, 2.45) is 23.8 Å². The van der Waals surface area contributed by atoms with E-state index in [0.717, 1.165) is 60.9 Å². The molecule has 292 valence electrons. The Labute approximate surface area is 335 Å². The van der Waals surface area contributed by atoms with Crippen LogP contribution in [-0.4, -0.2) is 51.4 Å². The molecule has 3 unspecified atom stereocenters. The molecule has 0 saturated carbocycles. The minimum Gasteiger partial charge on any atom is -0.372 e. The molecule has 3 aromatic carbocycles. The predicted octanol–water partition coefficient (Wildman–Crippen LogP) is 11.0. The number of hydrogen-bond donors (Lipinski definition) is 1. The summed E-state index contributed by atoms with van der Waals surface area (Å²) in [7, 11) is 1.78. The highest BCUT2D eigenvalue weighted by Crippen LogP contribution is 2.34. The molecule has 10 heteroatoms. The Kier molecular flexibility index (Phi) is 18.8. The quantitative estimate of drug-likeness (QED) is 0.114. The molecule has 1 aromatic heterocycles. The van der Waals surface area contributed by atoms with Gasteiger partial charge in [0.2, 0.25) is 0 Å². The van der Waals surface area contributed by atoms with Crippen LogP contribution in [0.1, 0.15) is 89.3 Å². The molecule has 54 heavy (non-hydrogen) atoms. The number of anilines is 2. The van der Waals surface area contributed by atoms with Gasteiger partial charge in [-0.25, -0.2) is 5.01 Å². The van der Waals surface area contributed by atoms with Crippen LogP contribution in [0.15, 0.2) is 109 Å². The third kappa shape index (κ3) is 13.6. The average Bonchev–Trinajstić information content (AvgIpc) is 3.81. The maximum atomic E-state index is 6.39. The highest BCUT2D eigenvalue weighted by atomic mass is 35.5. The van der Waals surface area contributed by atoms with Crippen LogP contribution >= 0.6 is 23.2 Å².